The molecule has 0 aliphatic heterocycles. The molecule has 1 aromatic rings. The molecule has 1 aliphatic rings. The Hall–Kier alpha value is -1.28. The van der Waals surface area contributed by atoms with E-state index in [-0.39, 0.29) is 6.29 Å². The Balaban J connectivity index is 1.99. The Bertz CT molecular complexity index is 377. The van der Waals surface area contributed by atoms with Crippen LogP contribution in [-0.4, -0.2) is 12.9 Å². The van der Waals surface area contributed by atoms with Gasteiger partial charge >= 0.3 is 0 Å². The largest absolute Gasteiger partial charge is 0.465 e. The first-order valence-electron chi connectivity index (χ1n) is 7.34. The minimum Gasteiger partial charge on any atom is -0.465 e. The number of benzene rings is 1. The molecule has 0 aromatic heterocycles. The zero-order valence-corrected chi connectivity index (χ0v) is 11.8. The second kappa shape index (κ2) is 7.34. The van der Waals surface area contributed by atoms with Gasteiger partial charge in [-0.2, -0.15) is 0 Å². The van der Waals surface area contributed by atoms with Crippen LogP contribution in [0.5, 0.6) is 5.75 Å². The molecule has 0 bridgehead atoms. The van der Waals surface area contributed by atoms with E-state index in [4.69, 9.17) is 9.47 Å². The highest BCUT2D eigenvalue weighted by molar-refractivity contribution is 5.48. The van der Waals surface area contributed by atoms with E-state index in [9.17, 15) is 0 Å². The summed E-state index contributed by atoms with van der Waals surface area (Å²) in [5.41, 5.74) is 1.11. The van der Waals surface area contributed by atoms with Gasteiger partial charge in [-0.3, -0.25) is 0 Å². The molecule has 0 radical (unpaired) electrons. The Morgan fingerprint density at radius 3 is 2.47 bits per heavy atom. The van der Waals surface area contributed by atoms with Crippen LogP contribution in [0.15, 0.2) is 30.8 Å². The van der Waals surface area contributed by atoms with Crippen molar-refractivity contribution in [1.82, 2.24) is 0 Å². The molecule has 0 saturated heterocycles. The molecule has 0 spiro atoms. The number of hydrogen-bond donors (Lipinski definition) is 0. The molecule has 2 heteroatoms. The van der Waals surface area contributed by atoms with Gasteiger partial charge in [0.25, 0.3) is 0 Å². The van der Waals surface area contributed by atoms with Gasteiger partial charge in [0.2, 0.25) is 6.29 Å². The summed E-state index contributed by atoms with van der Waals surface area (Å²) in [6, 6.07) is 8.02. The Labute approximate surface area is 116 Å². The van der Waals surface area contributed by atoms with Crippen molar-refractivity contribution in [1.29, 1.82) is 0 Å². The summed E-state index contributed by atoms with van der Waals surface area (Å²) in [6.07, 6.45) is 8.12. The zero-order valence-electron chi connectivity index (χ0n) is 11.8. The van der Waals surface area contributed by atoms with Crippen LogP contribution in [0.3, 0.4) is 0 Å². The Kier molecular flexibility index (Phi) is 5.46. The zero-order chi connectivity index (χ0) is 13.5. The van der Waals surface area contributed by atoms with E-state index in [0.717, 1.165) is 11.3 Å². The van der Waals surface area contributed by atoms with Crippen molar-refractivity contribution < 1.29 is 9.47 Å². The molecule has 1 saturated carbocycles. The molecular weight excluding hydrogens is 236 g/mol. The minimum atomic E-state index is -0.0973. The quantitative estimate of drug-likeness (QED) is 0.693. The van der Waals surface area contributed by atoms with Crippen molar-refractivity contribution in [3.63, 3.8) is 0 Å². The van der Waals surface area contributed by atoms with Crippen LogP contribution in [0.4, 0.5) is 0 Å². The standard InChI is InChI=1S/C17H24O2/c1-3-14-10-12-16(13-11-14)19-17(18-4-2)15-8-6-5-7-9-15/h3,10-13,15,17H,1,4-9H2,2H3. The predicted molar refractivity (Wildman–Crippen MR) is 79.2 cm³/mol. The fraction of sp³-hybridized carbons (Fsp3) is 0.529. The highest BCUT2D eigenvalue weighted by Crippen LogP contribution is 2.29. The highest BCUT2D eigenvalue weighted by atomic mass is 16.7. The van der Waals surface area contributed by atoms with Gasteiger partial charge in [0.1, 0.15) is 5.75 Å². The number of rotatable bonds is 6. The van der Waals surface area contributed by atoms with Crippen molar-refractivity contribution in [2.24, 2.45) is 5.92 Å². The smallest absolute Gasteiger partial charge is 0.202 e. The normalized spacial score (nSPS) is 17.9. The van der Waals surface area contributed by atoms with Crippen molar-refractivity contribution >= 4 is 6.08 Å². The summed E-state index contributed by atoms with van der Waals surface area (Å²) >= 11 is 0. The van der Waals surface area contributed by atoms with Crippen LogP contribution in [0.25, 0.3) is 6.08 Å². The van der Waals surface area contributed by atoms with Crippen molar-refractivity contribution in [3.8, 4) is 5.75 Å². The second-order valence-corrected chi connectivity index (χ2v) is 5.11. The van der Waals surface area contributed by atoms with E-state index >= 15 is 0 Å². The third kappa shape index (κ3) is 4.10. The third-order valence-corrected chi connectivity index (χ3v) is 3.73. The highest BCUT2D eigenvalue weighted by Gasteiger charge is 2.25. The van der Waals surface area contributed by atoms with Crippen LogP contribution in [-0.2, 0) is 4.74 Å². The van der Waals surface area contributed by atoms with E-state index in [1.807, 2.05) is 37.3 Å². The SMILES string of the molecule is C=Cc1ccc(OC(OCC)C2CCCCC2)cc1. The summed E-state index contributed by atoms with van der Waals surface area (Å²) in [5, 5.41) is 0. The van der Waals surface area contributed by atoms with Gasteiger partial charge in [0.15, 0.2) is 0 Å². The first kappa shape index (κ1) is 14.1. The molecule has 0 amide bonds. The number of hydrogen-bond acceptors (Lipinski definition) is 2. The van der Waals surface area contributed by atoms with Gasteiger partial charge in [-0.15, -0.1) is 0 Å². The molecular formula is C17H24O2. The summed E-state index contributed by atoms with van der Waals surface area (Å²) in [7, 11) is 0. The molecule has 1 fully saturated rings. The fourth-order valence-corrected chi connectivity index (χ4v) is 2.65. The maximum absolute atomic E-state index is 6.04. The Morgan fingerprint density at radius 2 is 1.89 bits per heavy atom. The summed E-state index contributed by atoms with van der Waals surface area (Å²) in [4.78, 5) is 0. The lowest BCUT2D eigenvalue weighted by Crippen LogP contribution is -2.31. The van der Waals surface area contributed by atoms with E-state index in [2.05, 4.69) is 6.58 Å². The van der Waals surface area contributed by atoms with Crippen molar-refractivity contribution in [2.45, 2.75) is 45.3 Å². The van der Waals surface area contributed by atoms with Gasteiger partial charge in [-0.05, 0) is 37.5 Å². The Morgan fingerprint density at radius 1 is 1.21 bits per heavy atom. The maximum Gasteiger partial charge on any atom is 0.202 e. The lowest BCUT2D eigenvalue weighted by atomic mass is 9.89. The minimum absolute atomic E-state index is 0.0973. The van der Waals surface area contributed by atoms with E-state index in [0.29, 0.717) is 12.5 Å². The lowest BCUT2D eigenvalue weighted by molar-refractivity contribution is -0.119. The van der Waals surface area contributed by atoms with Crippen LogP contribution in [0.1, 0.15) is 44.6 Å². The van der Waals surface area contributed by atoms with E-state index in [1.54, 1.807) is 0 Å². The molecule has 19 heavy (non-hydrogen) atoms. The molecule has 2 rings (SSSR count). The van der Waals surface area contributed by atoms with Gasteiger partial charge in [0.05, 0.1) is 0 Å². The summed E-state index contributed by atoms with van der Waals surface area (Å²) in [5.74, 6) is 1.42. The number of ether oxygens (including phenoxy) is 2. The topological polar surface area (TPSA) is 18.5 Å². The van der Waals surface area contributed by atoms with Crippen LogP contribution >= 0.6 is 0 Å². The first-order valence-corrected chi connectivity index (χ1v) is 7.34. The van der Waals surface area contributed by atoms with Gasteiger partial charge in [-0.1, -0.05) is 44.1 Å². The van der Waals surface area contributed by atoms with Gasteiger partial charge in [0, 0.05) is 12.5 Å². The van der Waals surface area contributed by atoms with E-state index < -0.39 is 0 Å². The van der Waals surface area contributed by atoms with E-state index in [1.165, 1.54) is 32.1 Å². The average Bonchev–Trinajstić information content (AvgIpc) is 2.48. The molecule has 1 aromatic carbocycles. The van der Waals surface area contributed by atoms with Gasteiger partial charge < -0.3 is 9.47 Å². The average molecular weight is 260 g/mol. The molecule has 2 nitrogen and oxygen atoms in total. The summed E-state index contributed by atoms with van der Waals surface area (Å²) < 4.78 is 11.8. The van der Waals surface area contributed by atoms with Crippen LogP contribution in [0, 0.1) is 5.92 Å². The molecule has 104 valence electrons. The molecule has 1 atom stereocenters. The lowest BCUT2D eigenvalue weighted by Gasteiger charge is -2.30. The summed E-state index contributed by atoms with van der Waals surface area (Å²) in [6.45, 7) is 6.49. The van der Waals surface area contributed by atoms with Gasteiger partial charge in [-0.25, -0.2) is 0 Å². The first-order chi connectivity index (χ1) is 9.33. The fourth-order valence-electron chi connectivity index (χ4n) is 2.65. The van der Waals surface area contributed by atoms with Crippen molar-refractivity contribution in [3.05, 3.63) is 36.4 Å². The van der Waals surface area contributed by atoms with Crippen LogP contribution < -0.4 is 4.74 Å². The maximum atomic E-state index is 6.04. The molecule has 0 heterocycles. The molecule has 0 N–H and O–H groups in total. The third-order valence-electron chi connectivity index (χ3n) is 3.73. The molecule has 1 aliphatic carbocycles. The second-order valence-electron chi connectivity index (χ2n) is 5.11. The van der Waals surface area contributed by atoms with Crippen molar-refractivity contribution in [2.75, 3.05) is 6.61 Å². The molecule has 1 unspecified atom stereocenters. The predicted octanol–water partition coefficient (Wildman–Crippen LogP) is 4.65. The van der Waals surface area contributed by atoms with Crippen LogP contribution in [0.2, 0.25) is 0 Å². The monoisotopic (exact) mass is 260 g/mol.